The predicted molar refractivity (Wildman–Crippen MR) is 57.8 cm³/mol. The van der Waals surface area contributed by atoms with Gasteiger partial charge in [0.1, 0.15) is 11.4 Å². The van der Waals surface area contributed by atoms with Crippen LogP contribution in [-0.2, 0) is 4.79 Å². The molecule has 0 radical (unpaired) electrons. The number of aliphatic carboxylic acids is 1. The summed E-state index contributed by atoms with van der Waals surface area (Å²) in [5.41, 5.74) is 1.26. The molecule has 1 aromatic carbocycles. The molecule has 0 saturated heterocycles. The SMILES string of the molecule is CC(C(=O)O)c1nc2ccc(Br)cc2o1. The van der Waals surface area contributed by atoms with Crippen LogP contribution in [0.25, 0.3) is 11.1 Å². The van der Waals surface area contributed by atoms with Gasteiger partial charge in [-0.25, -0.2) is 4.98 Å². The molecule has 0 aliphatic carbocycles. The van der Waals surface area contributed by atoms with Crippen LogP contribution in [0.4, 0.5) is 0 Å². The van der Waals surface area contributed by atoms with Gasteiger partial charge in [0.05, 0.1) is 0 Å². The number of benzene rings is 1. The highest BCUT2D eigenvalue weighted by atomic mass is 79.9. The first-order valence-corrected chi connectivity index (χ1v) is 5.16. The van der Waals surface area contributed by atoms with Crippen LogP contribution in [0.1, 0.15) is 18.7 Å². The van der Waals surface area contributed by atoms with Crippen LogP contribution in [0.5, 0.6) is 0 Å². The molecule has 5 heteroatoms. The van der Waals surface area contributed by atoms with Crippen LogP contribution in [-0.4, -0.2) is 16.1 Å². The molecular formula is C10H8BrNO3. The number of carboxylic acid groups (broad SMARTS) is 1. The molecule has 1 atom stereocenters. The summed E-state index contributed by atoms with van der Waals surface area (Å²) in [6.07, 6.45) is 0. The third-order valence-electron chi connectivity index (χ3n) is 2.11. The van der Waals surface area contributed by atoms with Gasteiger partial charge in [-0.1, -0.05) is 15.9 Å². The molecule has 0 fully saturated rings. The highest BCUT2D eigenvalue weighted by molar-refractivity contribution is 9.10. The number of rotatable bonds is 2. The number of hydrogen-bond donors (Lipinski definition) is 1. The first-order valence-electron chi connectivity index (χ1n) is 4.36. The van der Waals surface area contributed by atoms with Gasteiger partial charge in [0.25, 0.3) is 0 Å². The second-order valence-electron chi connectivity index (χ2n) is 3.22. The Morgan fingerprint density at radius 2 is 2.33 bits per heavy atom. The summed E-state index contributed by atoms with van der Waals surface area (Å²) >= 11 is 3.30. The van der Waals surface area contributed by atoms with Gasteiger partial charge in [-0.15, -0.1) is 0 Å². The minimum Gasteiger partial charge on any atom is -0.481 e. The molecule has 0 saturated carbocycles. The molecule has 0 spiro atoms. The first kappa shape index (κ1) is 10.2. The molecule has 1 N–H and O–H groups in total. The van der Waals surface area contributed by atoms with E-state index in [-0.39, 0.29) is 5.89 Å². The van der Waals surface area contributed by atoms with Crippen LogP contribution in [0.2, 0.25) is 0 Å². The summed E-state index contributed by atoms with van der Waals surface area (Å²) in [5.74, 6) is -1.44. The number of nitrogens with zero attached hydrogens (tertiary/aromatic N) is 1. The van der Waals surface area contributed by atoms with Crippen LogP contribution >= 0.6 is 15.9 Å². The standard InChI is InChI=1S/C10H8BrNO3/c1-5(10(13)14)9-12-7-3-2-6(11)4-8(7)15-9/h2-5H,1H3,(H,13,14). The molecule has 2 aromatic rings. The second-order valence-corrected chi connectivity index (χ2v) is 4.14. The summed E-state index contributed by atoms with van der Waals surface area (Å²) in [5, 5.41) is 8.81. The molecule has 15 heavy (non-hydrogen) atoms. The van der Waals surface area contributed by atoms with Crippen molar-refractivity contribution in [3.8, 4) is 0 Å². The maximum Gasteiger partial charge on any atom is 0.315 e. The number of hydrogen-bond acceptors (Lipinski definition) is 3. The third kappa shape index (κ3) is 1.87. The Balaban J connectivity index is 2.51. The summed E-state index contributed by atoms with van der Waals surface area (Å²) in [6.45, 7) is 1.54. The van der Waals surface area contributed by atoms with Crippen molar-refractivity contribution in [3.63, 3.8) is 0 Å². The molecule has 78 valence electrons. The fourth-order valence-electron chi connectivity index (χ4n) is 1.21. The summed E-state index contributed by atoms with van der Waals surface area (Å²) in [6, 6.07) is 5.38. The zero-order chi connectivity index (χ0) is 11.0. The predicted octanol–water partition coefficient (Wildman–Crippen LogP) is 2.78. The Labute approximate surface area is 94.0 Å². The van der Waals surface area contributed by atoms with E-state index in [9.17, 15) is 4.79 Å². The van der Waals surface area contributed by atoms with E-state index < -0.39 is 11.9 Å². The summed E-state index contributed by atoms with van der Waals surface area (Å²) in [7, 11) is 0. The van der Waals surface area contributed by atoms with E-state index in [0.717, 1.165) is 4.47 Å². The smallest absolute Gasteiger partial charge is 0.315 e. The molecule has 2 rings (SSSR count). The van der Waals surface area contributed by atoms with Crippen molar-refractivity contribution in [2.24, 2.45) is 0 Å². The Hall–Kier alpha value is -1.36. The van der Waals surface area contributed by atoms with Gasteiger partial charge in [0.2, 0.25) is 5.89 Å². The van der Waals surface area contributed by atoms with Crippen LogP contribution in [0.15, 0.2) is 27.1 Å². The maximum atomic E-state index is 10.7. The highest BCUT2D eigenvalue weighted by Crippen LogP contribution is 2.24. The van der Waals surface area contributed by atoms with Gasteiger partial charge >= 0.3 is 5.97 Å². The average molecular weight is 270 g/mol. The Bertz CT molecular complexity index is 520. The summed E-state index contributed by atoms with van der Waals surface area (Å²) in [4.78, 5) is 14.8. The fourth-order valence-corrected chi connectivity index (χ4v) is 1.55. The van der Waals surface area contributed by atoms with Gasteiger partial charge < -0.3 is 9.52 Å². The topological polar surface area (TPSA) is 63.3 Å². The Kier molecular flexibility index (Phi) is 2.48. The lowest BCUT2D eigenvalue weighted by molar-refractivity contribution is -0.138. The van der Waals surface area contributed by atoms with Crippen molar-refractivity contribution < 1.29 is 14.3 Å². The van der Waals surface area contributed by atoms with Crippen molar-refractivity contribution in [2.75, 3.05) is 0 Å². The van der Waals surface area contributed by atoms with Crippen molar-refractivity contribution in [2.45, 2.75) is 12.8 Å². The molecule has 1 aromatic heterocycles. The Morgan fingerprint density at radius 3 is 3.00 bits per heavy atom. The number of halogens is 1. The highest BCUT2D eigenvalue weighted by Gasteiger charge is 2.20. The zero-order valence-electron chi connectivity index (χ0n) is 7.90. The minimum absolute atomic E-state index is 0.232. The van der Waals surface area contributed by atoms with E-state index in [1.54, 1.807) is 19.1 Å². The minimum atomic E-state index is -0.944. The van der Waals surface area contributed by atoms with Crippen LogP contribution in [0.3, 0.4) is 0 Å². The molecule has 1 heterocycles. The van der Waals surface area contributed by atoms with Gasteiger partial charge in [-0.05, 0) is 25.1 Å². The quantitative estimate of drug-likeness (QED) is 0.911. The van der Waals surface area contributed by atoms with Crippen molar-refractivity contribution in [1.29, 1.82) is 0 Å². The van der Waals surface area contributed by atoms with Gasteiger partial charge in [0.15, 0.2) is 5.58 Å². The van der Waals surface area contributed by atoms with Gasteiger partial charge in [-0.3, -0.25) is 4.79 Å². The second kappa shape index (κ2) is 3.66. The van der Waals surface area contributed by atoms with E-state index in [4.69, 9.17) is 9.52 Å². The van der Waals surface area contributed by atoms with E-state index in [1.165, 1.54) is 0 Å². The lowest BCUT2D eigenvalue weighted by Crippen LogP contribution is -2.07. The molecule has 0 bridgehead atoms. The van der Waals surface area contributed by atoms with E-state index >= 15 is 0 Å². The first-order chi connectivity index (χ1) is 7.08. The average Bonchev–Trinajstić information content (AvgIpc) is 2.58. The number of oxazole rings is 1. The molecule has 0 amide bonds. The summed E-state index contributed by atoms with van der Waals surface area (Å²) < 4.78 is 6.23. The maximum absolute atomic E-state index is 10.7. The fraction of sp³-hybridized carbons (Fsp3) is 0.200. The van der Waals surface area contributed by atoms with Crippen LogP contribution < -0.4 is 0 Å². The van der Waals surface area contributed by atoms with Crippen molar-refractivity contribution >= 4 is 33.0 Å². The lowest BCUT2D eigenvalue weighted by atomic mass is 10.2. The van der Waals surface area contributed by atoms with Gasteiger partial charge in [0, 0.05) is 4.47 Å². The number of fused-ring (bicyclic) bond motifs is 1. The molecule has 1 unspecified atom stereocenters. The van der Waals surface area contributed by atoms with E-state index in [0.29, 0.717) is 11.1 Å². The van der Waals surface area contributed by atoms with E-state index in [2.05, 4.69) is 20.9 Å². The number of carboxylic acids is 1. The molecule has 0 aliphatic heterocycles. The lowest BCUT2D eigenvalue weighted by Gasteiger charge is -1.97. The largest absolute Gasteiger partial charge is 0.481 e. The van der Waals surface area contributed by atoms with Crippen molar-refractivity contribution in [3.05, 3.63) is 28.6 Å². The number of aromatic nitrogens is 1. The van der Waals surface area contributed by atoms with Crippen LogP contribution in [0, 0.1) is 0 Å². The van der Waals surface area contributed by atoms with Crippen molar-refractivity contribution in [1.82, 2.24) is 4.98 Å². The molecular weight excluding hydrogens is 262 g/mol. The molecule has 4 nitrogen and oxygen atoms in total. The van der Waals surface area contributed by atoms with Gasteiger partial charge in [-0.2, -0.15) is 0 Å². The Morgan fingerprint density at radius 1 is 1.60 bits per heavy atom. The zero-order valence-corrected chi connectivity index (χ0v) is 9.48. The van der Waals surface area contributed by atoms with E-state index in [1.807, 2.05) is 6.07 Å². The normalized spacial score (nSPS) is 12.9. The number of carbonyl (C=O) groups is 1. The monoisotopic (exact) mass is 269 g/mol. The molecule has 0 aliphatic rings. The third-order valence-corrected chi connectivity index (χ3v) is 2.60.